The van der Waals surface area contributed by atoms with Crippen molar-refractivity contribution in [3.63, 3.8) is 0 Å². The molecule has 0 bridgehead atoms. The Balaban J connectivity index is 1.12. The zero-order valence-electron chi connectivity index (χ0n) is 29.4. The third-order valence-corrected chi connectivity index (χ3v) is 10.6. The summed E-state index contributed by atoms with van der Waals surface area (Å²) in [6.45, 7) is 3.37. The average molecular weight is 803 g/mol. The fourth-order valence-electron chi connectivity index (χ4n) is 6.76. The maximum atomic E-state index is 12.5. The molecule has 24 heteroatoms. The quantitative estimate of drug-likeness (QED) is 0.0526. The number of nitrogens with one attached hydrogen (secondary N) is 2. The number of hydrogen-bond acceptors (Lipinski definition) is 21. The zero-order chi connectivity index (χ0) is 40.5. The van der Waals surface area contributed by atoms with Crippen molar-refractivity contribution >= 4 is 42.9 Å². The normalized spacial score (nSPS) is 28.6. The number of H-pyrrole nitrogens is 1. The van der Waals surface area contributed by atoms with Crippen LogP contribution in [0.4, 0.5) is 23.1 Å². The molecule has 55 heavy (non-hydrogen) atoms. The number of hydrogen-bond donors (Lipinski definition) is 10. The van der Waals surface area contributed by atoms with Crippen LogP contribution in [-0.2, 0) is 39.1 Å². The fourth-order valence-corrected chi connectivity index (χ4v) is 7.67. The smallest absolute Gasteiger partial charge is 0.472 e. The topological polar surface area (TPSA) is 366 Å². The molecule has 0 saturated carbocycles. The predicted octanol–water partition coefficient (Wildman–Crippen LogP) is -5.60. The number of rotatable bonds is 17. The number of aromatic amines is 1. The molecule has 0 aliphatic carbocycles. The number of carbonyl (C=O) groups excluding carboxylic acids is 2. The fraction of sp³-hybridized carbons (Fsp3) is 0.613. The summed E-state index contributed by atoms with van der Waals surface area (Å²) in [7, 11) is -5.23. The van der Waals surface area contributed by atoms with Crippen molar-refractivity contribution in [1.82, 2.24) is 9.97 Å². The van der Waals surface area contributed by atoms with E-state index in [-0.39, 0.29) is 36.1 Å². The van der Waals surface area contributed by atoms with E-state index in [9.17, 15) is 64.7 Å². The number of phosphoric ester groups is 1. The SMILES string of the molecule is CC1Nc2c(nc(N)[nH]c2=O)N2CN(c3ccc(CC(O)C(O)C(O)C(O)O[C@H]4O[C@H](COP(=O)(O)OC(CCC(=O)[O-])C(=O)[O-])[C@@H](O)[C@H]4O)cc3)C(C)C12. The first kappa shape index (κ1) is 42.2. The molecule has 4 heterocycles. The molecule has 0 radical (unpaired) electrons. The lowest BCUT2D eigenvalue weighted by molar-refractivity contribution is -0.315. The molecule has 23 nitrogen and oxygen atoms in total. The van der Waals surface area contributed by atoms with Crippen molar-refractivity contribution in [1.29, 1.82) is 0 Å². The Morgan fingerprint density at radius 3 is 2.40 bits per heavy atom. The zero-order valence-corrected chi connectivity index (χ0v) is 30.2. The molecular weight excluding hydrogens is 759 g/mol. The van der Waals surface area contributed by atoms with Gasteiger partial charge in [-0.25, -0.2) is 4.57 Å². The average Bonchev–Trinajstić information content (AvgIpc) is 3.61. The highest BCUT2D eigenvalue weighted by molar-refractivity contribution is 7.47. The number of nitrogens with zero attached hydrogens (tertiary/aromatic N) is 3. The first-order chi connectivity index (χ1) is 25.8. The van der Waals surface area contributed by atoms with Crippen molar-refractivity contribution < 1.29 is 78.4 Å². The van der Waals surface area contributed by atoms with Gasteiger partial charge in [0.25, 0.3) is 5.56 Å². The van der Waals surface area contributed by atoms with Gasteiger partial charge in [-0.3, -0.25) is 18.8 Å². The Hall–Kier alpha value is -3.97. The highest BCUT2D eigenvalue weighted by atomic mass is 31.2. The van der Waals surface area contributed by atoms with Crippen molar-refractivity contribution in [2.24, 2.45) is 0 Å². The van der Waals surface area contributed by atoms with Crippen LogP contribution in [0.1, 0.15) is 32.3 Å². The van der Waals surface area contributed by atoms with Crippen LogP contribution >= 0.6 is 7.82 Å². The van der Waals surface area contributed by atoms with Gasteiger partial charge in [0.05, 0.1) is 37.4 Å². The maximum absolute atomic E-state index is 12.5. The second-order valence-corrected chi connectivity index (χ2v) is 14.9. The molecule has 0 amide bonds. The van der Waals surface area contributed by atoms with Gasteiger partial charge < -0.3 is 85.7 Å². The molecule has 1 aromatic heterocycles. The molecule has 9 unspecified atom stereocenters. The lowest BCUT2D eigenvalue weighted by Crippen LogP contribution is -2.51. The lowest BCUT2D eigenvalue weighted by Gasteiger charge is -2.37. The van der Waals surface area contributed by atoms with E-state index < -0.39 is 94.5 Å². The summed E-state index contributed by atoms with van der Waals surface area (Å²) in [5, 5.41) is 87.8. The Bertz CT molecular complexity index is 1790. The molecule has 2 aromatic rings. The summed E-state index contributed by atoms with van der Waals surface area (Å²) < 4.78 is 31.5. The second-order valence-electron chi connectivity index (χ2n) is 13.5. The van der Waals surface area contributed by atoms with Gasteiger partial charge in [0.15, 0.2) is 18.4 Å². The van der Waals surface area contributed by atoms with E-state index in [1.807, 2.05) is 18.7 Å². The molecule has 3 aliphatic rings. The molecule has 13 atom stereocenters. The van der Waals surface area contributed by atoms with E-state index in [2.05, 4.69) is 29.2 Å². The highest BCUT2D eigenvalue weighted by Gasteiger charge is 2.48. The number of carboxylic acid groups (broad SMARTS) is 2. The van der Waals surface area contributed by atoms with Crippen LogP contribution in [-0.4, -0.2) is 144 Å². The molecule has 2 saturated heterocycles. The Kier molecular flexibility index (Phi) is 13.1. The third kappa shape index (κ3) is 9.53. The number of phosphoric acid groups is 1. The minimum atomic E-state index is -5.23. The predicted molar refractivity (Wildman–Crippen MR) is 181 cm³/mol. The van der Waals surface area contributed by atoms with Crippen LogP contribution in [0.15, 0.2) is 29.1 Å². The van der Waals surface area contributed by atoms with Gasteiger partial charge in [0.1, 0.15) is 42.3 Å². The number of anilines is 4. The maximum Gasteiger partial charge on any atom is 0.472 e. The Labute approximate surface area is 312 Å². The van der Waals surface area contributed by atoms with E-state index in [0.29, 0.717) is 23.7 Å². The molecule has 3 aliphatic heterocycles. The number of ether oxygens (including phenoxy) is 2. The van der Waals surface area contributed by atoms with Gasteiger partial charge in [-0.15, -0.1) is 0 Å². The summed E-state index contributed by atoms with van der Waals surface area (Å²) in [5.74, 6) is -3.25. The van der Waals surface area contributed by atoms with Gasteiger partial charge in [-0.05, 0) is 44.4 Å². The summed E-state index contributed by atoms with van der Waals surface area (Å²) >= 11 is 0. The molecule has 0 spiro atoms. The Morgan fingerprint density at radius 1 is 1.09 bits per heavy atom. The number of benzene rings is 1. The van der Waals surface area contributed by atoms with Crippen LogP contribution in [0.25, 0.3) is 0 Å². The number of aliphatic hydroxyl groups is 6. The molecule has 306 valence electrons. The van der Waals surface area contributed by atoms with Crippen LogP contribution < -0.4 is 36.6 Å². The van der Waals surface area contributed by atoms with Crippen LogP contribution in [0, 0.1) is 0 Å². The lowest BCUT2D eigenvalue weighted by atomic mass is 9.98. The van der Waals surface area contributed by atoms with Crippen LogP contribution in [0.3, 0.4) is 0 Å². The summed E-state index contributed by atoms with van der Waals surface area (Å²) in [6.07, 6.45) is -19.5. The minimum Gasteiger partial charge on any atom is -0.550 e. The van der Waals surface area contributed by atoms with Gasteiger partial charge >= 0.3 is 7.82 Å². The number of nitrogen functional groups attached to an aromatic ring is 1. The highest BCUT2D eigenvalue weighted by Crippen LogP contribution is 2.46. The molecule has 1 aromatic carbocycles. The monoisotopic (exact) mass is 802 g/mol. The first-order valence-electron chi connectivity index (χ1n) is 17.0. The number of carbonyl (C=O) groups is 2. The van der Waals surface area contributed by atoms with Gasteiger partial charge in [0, 0.05) is 24.1 Å². The number of fused-ring (bicyclic) bond motifs is 3. The number of carboxylic acids is 2. The molecule has 5 rings (SSSR count). The van der Waals surface area contributed by atoms with Crippen molar-refractivity contribution in [3.8, 4) is 0 Å². The van der Waals surface area contributed by atoms with Crippen LogP contribution in [0.2, 0.25) is 0 Å². The number of aliphatic hydroxyl groups excluding tert-OH is 6. The summed E-state index contributed by atoms with van der Waals surface area (Å²) in [6, 6.07) is 6.78. The van der Waals surface area contributed by atoms with Gasteiger partial charge in [-0.2, -0.15) is 4.98 Å². The van der Waals surface area contributed by atoms with Crippen LogP contribution in [0.5, 0.6) is 0 Å². The largest absolute Gasteiger partial charge is 0.550 e. The van der Waals surface area contributed by atoms with E-state index in [0.717, 1.165) is 5.69 Å². The Morgan fingerprint density at radius 2 is 1.76 bits per heavy atom. The summed E-state index contributed by atoms with van der Waals surface area (Å²) in [4.78, 5) is 55.0. The third-order valence-electron chi connectivity index (χ3n) is 9.60. The number of nitrogens with two attached hydrogens (primary N) is 1. The number of aliphatic carboxylic acids is 2. The van der Waals surface area contributed by atoms with E-state index in [4.69, 9.17) is 15.2 Å². The van der Waals surface area contributed by atoms with E-state index >= 15 is 0 Å². The second kappa shape index (κ2) is 17.0. The van der Waals surface area contributed by atoms with Gasteiger partial charge in [0.2, 0.25) is 5.95 Å². The first-order valence-corrected chi connectivity index (χ1v) is 18.5. The molecule has 11 N–H and O–H groups in total. The van der Waals surface area contributed by atoms with E-state index in [1.165, 1.54) is 0 Å². The van der Waals surface area contributed by atoms with E-state index in [1.54, 1.807) is 24.3 Å². The van der Waals surface area contributed by atoms with Crippen molar-refractivity contribution in [2.45, 2.75) is 107 Å². The van der Waals surface area contributed by atoms with Gasteiger partial charge in [-0.1, -0.05) is 12.1 Å². The standard InChI is InChI=1S/C31H45N6O17P/c1-12-21-13(2)36(11-37(21)26-20(33-12)27(45)35-31(32)34-26)15-5-3-14(4-6-15)9-16(38)22(41)24(43)29(48)53-30-25(44)23(42)18(52-30)10-51-55(49,50)54-17(28(46)47)7-8-19(39)40/h3-6,12-13,16-18,21-25,29-30,33,38,41-44,48H,7-11H2,1-2H3,(H,39,40)(H,46,47)(H,49,50)(H3,32,34,35,45)/p-2/t12?,13?,16?,17?,18-,21?,22?,23-,24?,25-,29?,30-/m1/s1. The van der Waals surface area contributed by atoms with Crippen molar-refractivity contribution in [2.75, 3.05) is 34.1 Å². The molecular formula is C31H43N6O17P-2. The molecule has 2 fully saturated rings. The van der Waals surface area contributed by atoms with Crippen molar-refractivity contribution in [3.05, 3.63) is 40.2 Å². The summed E-state index contributed by atoms with van der Waals surface area (Å²) in [5.41, 5.74) is 7.12. The minimum absolute atomic E-state index is 0.00754. The number of aromatic nitrogens is 2.